The van der Waals surface area contributed by atoms with Crippen molar-refractivity contribution in [3.63, 3.8) is 0 Å². The number of benzene rings is 2. The Labute approximate surface area is 185 Å². The molecule has 0 unspecified atom stereocenters. The summed E-state index contributed by atoms with van der Waals surface area (Å²) in [6.07, 6.45) is 7.16. The molecule has 0 aromatic heterocycles. The standard InChI is InChI=1S/C28H34O3/c1-3-31-22-10-5-18(6-11-22)4-7-20-17-26(30)28(2)15-14-24-23-13-9-21(29)16-19(23)8-12-25(24)27(20)28/h5-6,9-11,13,16,20,24-25,27,29H,3-4,7-8,12,14-15,17H2,1-2H3/t20-,24+,25+,27-,28+/m0/s1. The highest BCUT2D eigenvalue weighted by Gasteiger charge is 2.58. The van der Waals surface area contributed by atoms with E-state index in [9.17, 15) is 9.90 Å². The molecule has 0 radical (unpaired) electrons. The summed E-state index contributed by atoms with van der Waals surface area (Å²) in [5.41, 5.74) is 3.95. The molecule has 5 atom stereocenters. The van der Waals surface area contributed by atoms with Crippen LogP contribution in [-0.2, 0) is 17.6 Å². The zero-order valence-electron chi connectivity index (χ0n) is 18.8. The second-order valence-corrected chi connectivity index (χ2v) is 10.2. The Hall–Kier alpha value is -2.29. The Morgan fingerprint density at radius 2 is 1.94 bits per heavy atom. The van der Waals surface area contributed by atoms with E-state index in [1.807, 2.05) is 19.1 Å². The molecule has 3 aliphatic carbocycles. The van der Waals surface area contributed by atoms with Crippen LogP contribution in [0, 0.1) is 23.2 Å². The molecule has 0 amide bonds. The van der Waals surface area contributed by atoms with Crippen LogP contribution in [0.1, 0.15) is 68.6 Å². The third-order valence-electron chi connectivity index (χ3n) is 8.59. The second kappa shape index (κ2) is 8.00. The quantitative estimate of drug-likeness (QED) is 0.640. The number of aryl methyl sites for hydroxylation is 2. The van der Waals surface area contributed by atoms with Crippen LogP contribution in [0.25, 0.3) is 0 Å². The van der Waals surface area contributed by atoms with Crippen LogP contribution in [0.2, 0.25) is 0 Å². The van der Waals surface area contributed by atoms with E-state index < -0.39 is 0 Å². The van der Waals surface area contributed by atoms with Crippen molar-refractivity contribution in [1.82, 2.24) is 0 Å². The highest BCUT2D eigenvalue weighted by Crippen LogP contribution is 2.62. The lowest BCUT2D eigenvalue weighted by molar-refractivity contribution is -0.129. The zero-order chi connectivity index (χ0) is 21.6. The summed E-state index contributed by atoms with van der Waals surface area (Å²) in [4.78, 5) is 13.2. The summed E-state index contributed by atoms with van der Waals surface area (Å²) >= 11 is 0. The van der Waals surface area contributed by atoms with Crippen molar-refractivity contribution in [2.75, 3.05) is 6.61 Å². The maximum Gasteiger partial charge on any atom is 0.139 e. The van der Waals surface area contributed by atoms with Crippen LogP contribution >= 0.6 is 0 Å². The summed E-state index contributed by atoms with van der Waals surface area (Å²) in [7, 11) is 0. The topological polar surface area (TPSA) is 46.5 Å². The van der Waals surface area contributed by atoms with Gasteiger partial charge in [-0.15, -0.1) is 0 Å². The van der Waals surface area contributed by atoms with Crippen molar-refractivity contribution in [2.45, 2.75) is 64.7 Å². The predicted molar refractivity (Wildman–Crippen MR) is 123 cm³/mol. The maximum atomic E-state index is 13.2. The number of carbonyl (C=O) groups excluding carboxylic acids is 1. The van der Waals surface area contributed by atoms with Crippen molar-refractivity contribution < 1.29 is 14.6 Å². The van der Waals surface area contributed by atoms with E-state index in [1.165, 1.54) is 16.7 Å². The highest BCUT2D eigenvalue weighted by molar-refractivity contribution is 5.87. The van der Waals surface area contributed by atoms with E-state index in [0.717, 1.165) is 50.7 Å². The summed E-state index contributed by atoms with van der Waals surface area (Å²) < 4.78 is 5.57. The fraction of sp³-hybridized carbons (Fsp3) is 0.536. The summed E-state index contributed by atoms with van der Waals surface area (Å²) in [6.45, 7) is 4.96. The van der Waals surface area contributed by atoms with Crippen LogP contribution in [0.3, 0.4) is 0 Å². The van der Waals surface area contributed by atoms with Crippen molar-refractivity contribution in [3.8, 4) is 11.5 Å². The van der Waals surface area contributed by atoms with Gasteiger partial charge in [-0.25, -0.2) is 0 Å². The largest absolute Gasteiger partial charge is 0.508 e. The van der Waals surface area contributed by atoms with Crippen molar-refractivity contribution >= 4 is 5.78 Å². The Kier molecular flexibility index (Phi) is 5.32. The molecule has 164 valence electrons. The van der Waals surface area contributed by atoms with E-state index in [2.05, 4.69) is 37.3 Å². The van der Waals surface area contributed by atoms with Gasteiger partial charge in [-0.2, -0.15) is 0 Å². The van der Waals surface area contributed by atoms with E-state index in [1.54, 1.807) is 0 Å². The predicted octanol–water partition coefficient (Wildman–Crippen LogP) is 6.08. The van der Waals surface area contributed by atoms with Crippen LogP contribution in [0.15, 0.2) is 42.5 Å². The van der Waals surface area contributed by atoms with Gasteiger partial charge in [0.1, 0.15) is 17.3 Å². The van der Waals surface area contributed by atoms with Gasteiger partial charge in [0, 0.05) is 11.8 Å². The molecule has 3 aliphatic rings. The lowest BCUT2D eigenvalue weighted by Gasteiger charge is -2.50. The SMILES string of the molecule is CCOc1ccc(CC[C@H]2CC(=O)[C@@]3(C)CC[C@@H]4c5ccc(O)cc5CC[C@H]4[C@H]23)cc1. The highest BCUT2D eigenvalue weighted by atomic mass is 16.5. The number of rotatable bonds is 5. The smallest absolute Gasteiger partial charge is 0.139 e. The minimum absolute atomic E-state index is 0.140. The molecule has 2 aromatic carbocycles. The van der Waals surface area contributed by atoms with Gasteiger partial charge in [0.25, 0.3) is 0 Å². The first-order chi connectivity index (χ1) is 15.0. The molecule has 1 N–H and O–H groups in total. The van der Waals surface area contributed by atoms with Gasteiger partial charge in [-0.3, -0.25) is 4.79 Å². The molecule has 2 fully saturated rings. The van der Waals surface area contributed by atoms with E-state index in [4.69, 9.17) is 4.74 Å². The molecule has 2 aromatic rings. The van der Waals surface area contributed by atoms with Gasteiger partial charge >= 0.3 is 0 Å². The number of carbonyl (C=O) groups is 1. The third kappa shape index (κ3) is 3.56. The minimum atomic E-state index is -0.140. The Morgan fingerprint density at radius 3 is 2.71 bits per heavy atom. The normalized spacial score (nSPS) is 31.6. The van der Waals surface area contributed by atoms with Crippen LogP contribution in [-0.4, -0.2) is 17.5 Å². The molecular formula is C28H34O3. The molecule has 0 saturated heterocycles. The first-order valence-corrected chi connectivity index (χ1v) is 12.1. The maximum absolute atomic E-state index is 13.2. The number of phenolic OH excluding ortho intramolecular Hbond substituents is 1. The Balaban J connectivity index is 1.36. The number of aromatic hydroxyl groups is 1. The zero-order valence-corrected chi connectivity index (χ0v) is 18.8. The minimum Gasteiger partial charge on any atom is -0.508 e. The average Bonchev–Trinajstić information content (AvgIpc) is 3.03. The molecule has 31 heavy (non-hydrogen) atoms. The Bertz CT molecular complexity index is 963. The fourth-order valence-electron chi connectivity index (χ4n) is 7.16. The fourth-order valence-corrected chi connectivity index (χ4v) is 7.16. The summed E-state index contributed by atoms with van der Waals surface area (Å²) in [5, 5.41) is 9.93. The molecule has 0 aliphatic heterocycles. The van der Waals surface area contributed by atoms with Gasteiger partial charge in [0.2, 0.25) is 0 Å². The van der Waals surface area contributed by atoms with E-state index in [0.29, 0.717) is 41.8 Å². The van der Waals surface area contributed by atoms with Crippen molar-refractivity contribution in [2.24, 2.45) is 23.2 Å². The molecule has 0 heterocycles. The molecule has 3 nitrogen and oxygen atoms in total. The van der Waals surface area contributed by atoms with Crippen LogP contribution < -0.4 is 4.74 Å². The summed E-state index contributed by atoms with van der Waals surface area (Å²) in [5.74, 6) is 3.91. The van der Waals surface area contributed by atoms with Gasteiger partial charge in [0.15, 0.2) is 0 Å². The van der Waals surface area contributed by atoms with Gasteiger partial charge < -0.3 is 9.84 Å². The molecule has 3 heteroatoms. The summed E-state index contributed by atoms with van der Waals surface area (Å²) in [6, 6.07) is 14.4. The van der Waals surface area contributed by atoms with Crippen LogP contribution in [0.5, 0.6) is 11.5 Å². The Morgan fingerprint density at radius 1 is 1.13 bits per heavy atom. The second-order valence-electron chi connectivity index (χ2n) is 10.2. The number of Topliss-reactive ketones (excluding diaryl/α,β-unsaturated/α-hetero) is 1. The number of fused-ring (bicyclic) bond motifs is 5. The average molecular weight is 419 g/mol. The van der Waals surface area contributed by atoms with E-state index >= 15 is 0 Å². The lowest BCUT2D eigenvalue weighted by Crippen LogP contribution is -2.44. The molecule has 5 rings (SSSR count). The molecule has 0 bridgehead atoms. The monoisotopic (exact) mass is 418 g/mol. The van der Waals surface area contributed by atoms with Crippen molar-refractivity contribution in [1.29, 1.82) is 0 Å². The number of hydrogen-bond acceptors (Lipinski definition) is 3. The molecular weight excluding hydrogens is 384 g/mol. The van der Waals surface area contributed by atoms with Crippen LogP contribution in [0.4, 0.5) is 0 Å². The third-order valence-corrected chi connectivity index (χ3v) is 8.59. The first kappa shape index (κ1) is 20.6. The van der Waals surface area contributed by atoms with Gasteiger partial charge in [0.05, 0.1) is 6.61 Å². The number of hydrogen-bond donors (Lipinski definition) is 1. The van der Waals surface area contributed by atoms with E-state index in [-0.39, 0.29) is 5.41 Å². The van der Waals surface area contributed by atoms with Gasteiger partial charge in [-0.05, 0) is 110 Å². The molecule has 2 saturated carbocycles. The lowest BCUT2D eigenvalue weighted by atomic mass is 9.54. The number of ether oxygens (including phenoxy) is 1. The molecule has 0 spiro atoms. The van der Waals surface area contributed by atoms with Crippen molar-refractivity contribution in [3.05, 3.63) is 59.2 Å². The number of ketones is 1. The number of phenols is 1. The first-order valence-electron chi connectivity index (χ1n) is 12.1. The van der Waals surface area contributed by atoms with Gasteiger partial charge in [-0.1, -0.05) is 25.1 Å².